The first-order valence-corrected chi connectivity index (χ1v) is 6.00. The zero-order valence-corrected chi connectivity index (χ0v) is 11.1. The Bertz CT molecular complexity index is 583. The molecule has 0 aliphatic heterocycles. The highest BCUT2D eigenvalue weighted by atomic mass is 79.9. The number of rotatable bonds is 3. The predicted molar refractivity (Wildman–Crippen MR) is 66.5 cm³/mol. The molecule has 0 fully saturated rings. The fraction of sp³-hybridized carbons (Fsp3) is 0.167. The van der Waals surface area contributed by atoms with E-state index in [2.05, 4.69) is 26.2 Å². The van der Waals surface area contributed by atoms with E-state index in [1.165, 1.54) is 12.1 Å². The third-order valence-electron chi connectivity index (χ3n) is 2.25. The summed E-state index contributed by atoms with van der Waals surface area (Å²) in [6.45, 7) is 1.88. The van der Waals surface area contributed by atoms with Crippen LogP contribution in [0.5, 0.6) is 0 Å². The lowest BCUT2D eigenvalue weighted by Gasteiger charge is -2.04. The Balaban J connectivity index is 2.03. The molecule has 1 aromatic heterocycles. The Labute approximate surface area is 111 Å². The normalized spacial score (nSPS) is 10.4. The molecule has 0 spiro atoms. The van der Waals surface area contributed by atoms with Crippen LogP contribution in [-0.4, -0.2) is 10.9 Å². The van der Waals surface area contributed by atoms with E-state index in [0.29, 0.717) is 16.1 Å². The molecule has 4 nitrogen and oxygen atoms in total. The average molecular weight is 313 g/mol. The first-order valence-electron chi connectivity index (χ1n) is 5.21. The van der Waals surface area contributed by atoms with Gasteiger partial charge in [-0.3, -0.25) is 4.79 Å². The minimum absolute atomic E-state index is 0.0125. The van der Waals surface area contributed by atoms with E-state index in [4.69, 9.17) is 4.42 Å². The van der Waals surface area contributed by atoms with Crippen molar-refractivity contribution in [3.8, 4) is 0 Å². The maximum atomic E-state index is 13.5. The zero-order chi connectivity index (χ0) is 13.1. The number of amides is 1. The summed E-state index contributed by atoms with van der Waals surface area (Å²) in [6, 6.07) is 4.26. The van der Waals surface area contributed by atoms with E-state index in [9.17, 15) is 9.18 Å². The summed E-state index contributed by atoms with van der Waals surface area (Å²) in [6.07, 6.45) is 1.56. The molecule has 0 unspecified atom stereocenters. The molecule has 94 valence electrons. The minimum Gasteiger partial charge on any atom is -0.444 e. The van der Waals surface area contributed by atoms with Gasteiger partial charge in [0.25, 0.3) is 5.91 Å². The Morgan fingerprint density at radius 1 is 1.56 bits per heavy atom. The van der Waals surface area contributed by atoms with E-state index in [1.807, 2.05) is 0 Å². The highest BCUT2D eigenvalue weighted by Crippen LogP contribution is 2.15. The molecular formula is C12H10BrFN2O2. The van der Waals surface area contributed by atoms with Crippen LogP contribution in [0.2, 0.25) is 0 Å². The standard InChI is InChI=1S/C12H10BrFN2O2/c1-7-5-15-11(18-7)6-16-12(17)9-3-2-8(13)4-10(9)14/h2-5H,6H2,1H3,(H,16,17). The molecule has 6 heteroatoms. The molecule has 0 saturated heterocycles. The monoisotopic (exact) mass is 312 g/mol. The van der Waals surface area contributed by atoms with Crippen LogP contribution in [0.3, 0.4) is 0 Å². The number of nitrogens with one attached hydrogen (secondary N) is 1. The van der Waals surface area contributed by atoms with Gasteiger partial charge in [-0.15, -0.1) is 0 Å². The van der Waals surface area contributed by atoms with Gasteiger partial charge < -0.3 is 9.73 Å². The lowest BCUT2D eigenvalue weighted by Crippen LogP contribution is -2.23. The van der Waals surface area contributed by atoms with E-state index in [-0.39, 0.29) is 12.1 Å². The Hall–Kier alpha value is -1.69. The second-order valence-electron chi connectivity index (χ2n) is 3.67. The maximum Gasteiger partial charge on any atom is 0.254 e. The van der Waals surface area contributed by atoms with E-state index in [1.54, 1.807) is 19.2 Å². The molecule has 1 amide bonds. The van der Waals surface area contributed by atoms with Crippen LogP contribution in [-0.2, 0) is 6.54 Å². The molecule has 0 aliphatic carbocycles. The van der Waals surface area contributed by atoms with Crippen LogP contribution in [0, 0.1) is 12.7 Å². The van der Waals surface area contributed by atoms with Crippen LogP contribution >= 0.6 is 15.9 Å². The minimum atomic E-state index is -0.578. The van der Waals surface area contributed by atoms with Crippen LogP contribution < -0.4 is 5.32 Å². The van der Waals surface area contributed by atoms with Crippen LogP contribution in [0.4, 0.5) is 4.39 Å². The average Bonchev–Trinajstić information content (AvgIpc) is 2.72. The van der Waals surface area contributed by atoms with E-state index in [0.717, 1.165) is 0 Å². The number of benzene rings is 1. The Morgan fingerprint density at radius 2 is 2.33 bits per heavy atom. The van der Waals surface area contributed by atoms with Crippen molar-refractivity contribution < 1.29 is 13.6 Å². The van der Waals surface area contributed by atoms with Crippen LogP contribution in [0.25, 0.3) is 0 Å². The molecule has 1 aromatic carbocycles. The SMILES string of the molecule is Cc1cnc(CNC(=O)c2ccc(Br)cc2F)o1. The summed E-state index contributed by atoms with van der Waals surface area (Å²) in [4.78, 5) is 15.7. The molecular weight excluding hydrogens is 303 g/mol. The van der Waals surface area contributed by atoms with Gasteiger partial charge in [0.15, 0.2) is 0 Å². The number of hydrogen-bond acceptors (Lipinski definition) is 3. The number of carbonyl (C=O) groups is 1. The van der Waals surface area contributed by atoms with Crippen LogP contribution in [0.15, 0.2) is 33.3 Å². The number of hydrogen-bond donors (Lipinski definition) is 1. The maximum absolute atomic E-state index is 13.5. The Morgan fingerprint density at radius 3 is 2.94 bits per heavy atom. The second kappa shape index (κ2) is 5.30. The molecule has 0 bridgehead atoms. The molecule has 0 saturated carbocycles. The lowest BCUT2D eigenvalue weighted by molar-refractivity contribution is 0.0943. The molecule has 0 atom stereocenters. The van der Waals surface area contributed by atoms with Crippen LogP contribution in [0.1, 0.15) is 22.0 Å². The highest BCUT2D eigenvalue weighted by molar-refractivity contribution is 9.10. The third kappa shape index (κ3) is 2.95. The fourth-order valence-electron chi connectivity index (χ4n) is 1.41. The van der Waals surface area contributed by atoms with E-state index >= 15 is 0 Å². The first kappa shape index (κ1) is 12.8. The largest absolute Gasteiger partial charge is 0.444 e. The smallest absolute Gasteiger partial charge is 0.254 e. The summed E-state index contributed by atoms with van der Waals surface area (Å²) in [7, 11) is 0. The van der Waals surface area contributed by atoms with Gasteiger partial charge in [-0.25, -0.2) is 9.37 Å². The summed E-state index contributed by atoms with van der Waals surface area (Å²) in [5, 5.41) is 2.54. The number of nitrogens with zero attached hydrogens (tertiary/aromatic N) is 1. The molecule has 2 rings (SSSR count). The predicted octanol–water partition coefficient (Wildman–Crippen LogP) is 2.81. The van der Waals surface area contributed by atoms with E-state index < -0.39 is 11.7 Å². The summed E-state index contributed by atoms with van der Waals surface area (Å²) in [5.74, 6) is -0.0336. The van der Waals surface area contributed by atoms with Crippen molar-refractivity contribution in [1.29, 1.82) is 0 Å². The first-order chi connectivity index (χ1) is 8.56. The van der Waals surface area contributed by atoms with Gasteiger partial charge in [-0.2, -0.15) is 0 Å². The third-order valence-corrected chi connectivity index (χ3v) is 2.74. The van der Waals surface area contributed by atoms with Crippen molar-refractivity contribution in [3.05, 3.63) is 51.9 Å². The van der Waals surface area contributed by atoms with Crippen molar-refractivity contribution in [2.24, 2.45) is 0 Å². The number of aryl methyl sites for hydroxylation is 1. The fourth-order valence-corrected chi connectivity index (χ4v) is 1.74. The molecule has 0 radical (unpaired) electrons. The van der Waals surface area contributed by atoms with Crippen molar-refractivity contribution >= 4 is 21.8 Å². The number of halogens is 2. The van der Waals surface area contributed by atoms with Gasteiger partial charge in [0, 0.05) is 4.47 Å². The molecule has 1 heterocycles. The van der Waals surface area contributed by atoms with Gasteiger partial charge in [0.1, 0.15) is 11.6 Å². The highest BCUT2D eigenvalue weighted by Gasteiger charge is 2.12. The quantitative estimate of drug-likeness (QED) is 0.948. The topological polar surface area (TPSA) is 55.1 Å². The molecule has 1 N–H and O–H groups in total. The second-order valence-corrected chi connectivity index (χ2v) is 4.59. The van der Waals surface area contributed by atoms with Crippen molar-refractivity contribution in [3.63, 3.8) is 0 Å². The van der Waals surface area contributed by atoms with Crippen molar-refractivity contribution in [2.45, 2.75) is 13.5 Å². The van der Waals surface area contributed by atoms with Gasteiger partial charge >= 0.3 is 0 Å². The summed E-state index contributed by atoms with van der Waals surface area (Å²) >= 11 is 3.13. The Kier molecular flexibility index (Phi) is 3.76. The zero-order valence-electron chi connectivity index (χ0n) is 9.54. The summed E-state index contributed by atoms with van der Waals surface area (Å²) in [5.41, 5.74) is -0.0125. The van der Waals surface area contributed by atoms with Gasteiger partial charge in [0.05, 0.1) is 18.3 Å². The number of aromatic nitrogens is 1. The van der Waals surface area contributed by atoms with Gasteiger partial charge in [-0.1, -0.05) is 15.9 Å². The lowest BCUT2D eigenvalue weighted by atomic mass is 10.2. The molecule has 2 aromatic rings. The molecule has 18 heavy (non-hydrogen) atoms. The number of carbonyl (C=O) groups excluding carboxylic acids is 1. The van der Waals surface area contributed by atoms with Crippen molar-refractivity contribution in [2.75, 3.05) is 0 Å². The van der Waals surface area contributed by atoms with Gasteiger partial charge in [0.2, 0.25) is 5.89 Å². The van der Waals surface area contributed by atoms with Crippen molar-refractivity contribution in [1.82, 2.24) is 10.3 Å². The van der Waals surface area contributed by atoms with Gasteiger partial charge in [-0.05, 0) is 25.1 Å². The number of oxazole rings is 1. The molecule has 0 aliphatic rings. The summed E-state index contributed by atoms with van der Waals surface area (Å²) < 4.78 is 19.3.